The number of nitrogens with zero attached hydrogens (tertiary/aromatic N) is 3. The van der Waals surface area contributed by atoms with Crippen molar-refractivity contribution in [1.82, 2.24) is 9.96 Å². The maximum atomic E-state index is 13.3. The number of piperidine rings is 1. The highest BCUT2D eigenvalue weighted by atomic mass is 16.6. The van der Waals surface area contributed by atoms with Gasteiger partial charge in [-0.05, 0) is 75.4 Å². The van der Waals surface area contributed by atoms with Crippen LogP contribution in [0.15, 0.2) is 54.1 Å². The standard InChI is InChI=1S/C35H42N4O8/c1-34(2,3)47-33(43)38-14-6-7-22-19-37(20-28(22)38)23-9-11-25-27(15-23)36-18-29(40)26-12-13-35(32(41)42,39(44)31(25)26)17-21-8-10-24(45-4)16-30(21)46-5/h8-13,15-16,22,28,36,44H,6-7,14,17-20H2,1-5H3,(H,41,42). The zero-order valence-corrected chi connectivity index (χ0v) is 27.4. The highest BCUT2D eigenvalue weighted by molar-refractivity contribution is 6.11. The fourth-order valence-corrected chi connectivity index (χ4v) is 7.12. The fraction of sp³-hybridized carbons (Fsp3) is 0.457. The summed E-state index contributed by atoms with van der Waals surface area (Å²) in [5.41, 5.74) is 0.343. The van der Waals surface area contributed by atoms with Gasteiger partial charge in [0.25, 0.3) is 0 Å². The summed E-state index contributed by atoms with van der Waals surface area (Å²) in [6.45, 7) is 7.63. The van der Waals surface area contributed by atoms with Gasteiger partial charge < -0.3 is 34.4 Å². The molecular formula is C35H42N4O8. The molecule has 2 aromatic rings. The maximum Gasteiger partial charge on any atom is 0.410 e. The van der Waals surface area contributed by atoms with E-state index in [1.165, 1.54) is 26.4 Å². The number of hydroxylamine groups is 2. The van der Waals surface area contributed by atoms with E-state index in [0.717, 1.165) is 25.1 Å². The summed E-state index contributed by atoms with van der Waals surface area (Å²) in [6, 6.07) is 10.7. The van der Waals surface area contributed by atoms with Gasteiger partial charge in [0.05, 0.1) is 32.5 Å². The zero-order chi connectivity index (χ0) is 33.7. The number of nitrogens with one attached hydrogen (secondary N) is 1. The monoisotopic (exact) mass is 646 g/mol. The molecule has 0 aromatic heterocycles. The van der Waals surface area contributed by atoms with Crippen LogP contribution in [0.25, 0.3) is 5.70 Å². The molecule has 3 atom stereocenters. The topological polar surface area (TPSA) is 141 Å². The molecule has 2 fully saturated rings. The number of anilines is 2. The first-order valence-electron chi connectivity index (χ1n) is 15.9. The van der Waals surface area contributed by atoms with Gasteiger partial charge in [0.15, 0.2) is 11.3 Å². The molecule has 0 aliphatic carbocycles. The number of carbonyl (C=O) groups is 3. The summed E-state index contributed by atoms with van der Waals surface area (Å²) < 4.78 is 16.5. The molecule has 3 unspecified atom stereocenters. The van der Waals surface area contributed by atoms with Gasteiger partial charge in [-0.1, -0.05) is 12.1 Å². The number of aliphatic carboxylic acids is 1. The van der Waals surface area contributed by atoms with Gasteiger partial charge in [0, 0.05) is 54.6 Å². The lowest BCUT2D eigenvalue weighted by molar-refractivity contribution is -0.167. The molecule has 6 rings (SSSR count). The Morgan fingerprint density at radius 2 is 1.87 bits per heavy atom. The molecule has 0 spiro atoms. The Bertz CT molecular complexity index is 1660. The van der Waals surface area contributed by atoms with E-state index in [4.69, 9.17) is 14.2 Å². The molecular weight excluding hydrogens is 604 g/mol. The number of hydrogen-bond donors (Lipinski definition) is 3. The normalized spacial score (nSPS) is 23.8. The Hall–Kier alpha value is -4.71. The summed E-state index contributed by atoms with van der Waals surface area (Å²) in [7, 11) is 3.00. The number of rotatable bonds is 6. The molecule has 47 heavy (non-hydrogen) atoms. The Labute approximate surface area is 274 Å². The van der Waals surface area contributed by atoms with Gasteiger partial charge in [0.2, 0.25) is 0 Å². The molecule has 4 aliphatic rings. The minimum absolute atomic E-state index is 0.0174. The molecule has 4 aliphatic heterocycles. The van der Waals surface area contributed by atoms with Gasteiger partial charge in [-0.3, -0.25) is 10.0 Å². The highest BCUT2D eigenvalue weighted by Gasteiger charge is 2.49. The molecule has 1 amide bonds. The summed E-state index contributed by atoms with van der Waals surface area (Å²) in [6.07, 6.45) is 4.33. The van der Waals surface area contributed by atoms with E-state index in [0.29, 0.717) is 52.4 Å². The highest BCUT2D eigenvalue weighted by Crippen LogP contribution is 2.44. The second-order valence-corrected chi connectivity index (χ2v) is 13.5. The van der Waals surface area contributed by atoms with Crippen molar-refractivity contribution in [3.63, 3.8) is 0 Å². The zero-order valence-electron chi connectivity index (χ0n) is 27.4. The lowest BCUT2D eigenvalue weighted by Crippen LogP contribution is -2.54. The Morgan fingerprint density at radius 3 is 2.57 bits per heavy atom. The van der Waals surface area contributed by atoms with Crippen LogP contribution < -0.4 is 19.7 Å². The number of amides is 1. The van der Waals surface area contributed by atoms with Crippen LogP contribution in [-0.4, -0.2) is 95.7 Å². The number of ketones is 1. The predicted molar refractivity (Wildman–Crippen MR) is 175 cm³/mol. The van der Waals surface area contributed by atoms with E-state index >= 15 is 0 Å². The quantitative estimate of drug-likeness (QED) is 0.406. The third kappa shape index (κ3) is 5.86. The van der Waals surface area contributed by atoms with Gasteiger partial charge in [-0.15, -0.1) is 0 Å². The van der Waals surface area contributed by atoms with E-state index in [1.807, 2.05) is 43.9 Å². The van der Waals surface area contributed by atoms with Gasteiger partial charge in [-0.25, -0.2) is 14.7 Å². The molecule has 12 heteroatoms. The van der Waals surface area contributed by atoms with Gasteiger partial charge in [0.1, 0.15) is 17.1 Å². The number of benzene rings is 2. The first-order chi connectivity index (χ1) is 22.3. The number of methoxy groups -OCH3 is 2. The van der Waals surface area contributed by atoms with Crippen LogP contribution in [-0.2, 0) is 20.7 Å². The lowest BCUT2D eigenvalue weighted by Gasteiger charge is -2.40. The number of ether oxygens (including phenoxy) is 3. The van der Waals surface area contributed by atoms with Crippen LogP contribution in [0.2, 0.25) is 0 Å². The van der Waals surface area contributed by atoms with Gasteiger partial charge >= 0.3 is 12.1 Å². The molecule has 0 bridgehead atoms. The lowest BCUT2D eigenvalue weighted by atomic mass is 9.84. The number of likely N-dealkylation sites (tertiary alicyclic amines) is 1. The third-order valence-electron chi connectivity index (χ3n) is 9.47. The second-order valence-electron chi connectivity index (χ2n) is 13.5. The van der Waals surface area contributed by atoms with Crippen molar-refractivity contribution in [1.29, 1.82) is 0 Å². The van der Waals surface area contributed by atoms with Crippen molar-refractivity contribution in [2.45, 2.75) is 57.2 Å². The molecule has 0 saturated carbocycles. The number of Topliss-reactive ketones (excluding diaryl/α,β-unsaturated/α-hetero) is 1. The Balaban J connectivity index is 1.31. The average molecular weight is 647 g/mol. The molecule has 0 radical (unpaired) electrons. The van der Waals surface area contributed by atoms with Crippen molar-refractivity contribution in [2.24, 2.45) is 5.92 Å². The van der Waals surface area contributed by atoms with E-state index in [9.17, 15) is 24.7 Å². The van der Waals surface area contributed by atoms with Crippen LogP contribution in [0.3, 0.4) is 0 Å². The number of allylic oxidation sites excluding steroid dienone is 1. The van der Waals surface area contributed by atoms with E-state index in [-0.39, 0.29) is 42.2 Å². The first kappa shape index (κ1) is 32.2. The minimum atomic E-state index is -1.93. The number of hydrogen-bond acceptors (Lipinski definition) is 10. The smallest absolute Gasteiger partial charge is 0.410 e. The summed E-state index contributed by atoms with van der Waals surface area (Å²) >= 11 is 0. The fourth-order valence-electron chi connectivity index (χ4n) is 7.12. The number of carbonyl (C=O) groups excluding carboxylic acids is 2. The minimum Gasteiger partial charge on any atom is -0.497 e. The average Bonchev–Trinajstić information content (AvgIpc) is 3.42. The maximum absolute atomic E-state index is 13.3. The van der Waals surface area contributed by atoms with Crippen LogP contribution in [0.5, 0.6) is 11.5 Å². The summed E-state index contributed by atoms with van der Waals surface area (Å²) in [5, 5.41) is 26.3. The molecule has 2 aromatic carbocycles. The Kier molecular flexibility index (Phi) is 8.33. The van der Waals surface area contributed by atoms with E-state index in [1.54, 1.807) is 18.2 Å². The molecule has 3 N–H and O–H groups in total. The van der Waals surface area contributed by atoms with Crippen LogP contribution in [0.4, 0.5) is 16.2 Å². The van der Waals surface area contributed by atoms with E-state index in [2.05, 4.69) is 10.2 Å². The number of carboxylic acids is 1. The van der Waals surface area contributed by atoms with Crippen molar-refractivity contribution >= 4 is 34.9 Å². The third-order valence-corrected chi connectivity index (χ3v) is 9.47. The van der Waals surface area contributed by atoms with Crippen LogP contribution in [0.1, 0.15) is 44.7 Å². The van der Waals surface area contributed by atoms with Crippen LogP contribution >= 0.6 is 0 Å². The molecule has 12 nitrogen and oxygen atoms in total. The van der Waals surface area contributed by atoms with Crippen molar-refractivity contribution in [3.8, 4) is 11.5 Å². The van der Waals surface area contributed by atoms with E-state index < -0.39 is 17.1 Å². The van der Waals surface area contributed by atoms with Gasteiger partial charge in [-0.2, -0.15) is 0 Å². The molecule has 250 valence electrons. The van der Waals surface area contributed by atoms with Crippen LogP contribution in [0, 0.1) is 5.92 Å². The molecule has 2 saturated heterocycles. The first-order valence-corrected chi connectivity index (χ1v) is 15.9. The van der Waals surface area contributed by atoms with Crippen molar-refractivity contribution in [2.75, 3.05) is 50.6 Å². The van der Waals surface area contributed by atoms with Crippen molar-refractivity contribution in [3.05, 3.63) is 65.3 Å². The van der Waals surface area contributed by atoms with Crippen molar-refractivity contribution < 1.29 is 38.9 Å². The summed E-state index contributed by atoms with van der Waals surface area (Å²) in [5.74, 6) is -0.333. The SMILES string of the molecule is COc1ccc(CC2(C(=O)O)C=CC3=C(c4ccc(N5CC6CCCN(C(=O)OC(C)(C)C)C6C5)cc4NCC3=O)N2O)c(OC)c1. The number of fused-ring (bicyclic) bond motifs is 3. The predicted octanol–water partition coefficient (Wildman–Crippen LogP) is 4.57. The largest absolute Gasteiger partial charge is 0.497 e. The second kappa shape index (κ2) is 12.1. The Morgan fingerprint density at radius 1 is 1.09 bits per heavy atom. The number of carboxylic acid groups (broad SMARTS) is 1. The molecule has 4 heterocycles. The summed E-state index contributed by atoms with van der Waals surface area (Å²) in [4.78, 5) is 43.5.